The van der Waals surface area contributed by atoms with Crippen molar-refractivity contribution in [1.82, 2.24) is 4.90 Å². The molecule has 2 aromatic carbocycles. The van der Waals surface area contributed by atoms with Crippen molar-refractivity contribution in [3.8, 4) is 16.9 Å². The predicted octanol–water partition coefficient (Wildman–Crippen LogP) is 3.87. The number of carboxylic acid groups (broad SMARTS) is 1. The van der Waals surface area contributed by atoms with Crippen LogP contribution >= 0.6 is 0 Å². The van der Waals surface area contributed by atoms with Gasteiger partial charge in [-0.1, -0.05) is 43.3 Å². The van der Waals surface area contributed by atoms with Gasteiger partial charge in [-0.3, -0.25) is 4.79 Å². The average molecular weight is 327 g/mol. The van der Waals surface area contributed by atoms with E-state index in [4.69, 9.17) is 9.84 Å². The van der Waals surface area contributed by atoms with Crippen LogP contribution in [0, 0.1) is 0 Å². The smallest absolute Gasteiger partial charge is 0.303 e. The van der Waals surface area contributed by atoms with Gasteiger partial charge in [0.15, 0.2) is 0 Å². The van der Waals surface area contributed by atoms with Crippen LogP contribution in [0.4, 0.5) is 0 Å². The van der Waals surface area contributed by atoms with E-state index < -0.39 is 5.97 Å². The summed E-state index contributed by atoms with van der Waals surface area (Å²) in [4.78, 5) is 12.9. The number of carboxylic acids is 1. The van der Waals surface area contributed by atoms with E-state index in [1.807, 2.05) is 69.6 Å². The Balaban J connectivity index is 2.00. The maximum atomic E-state index is 10.8. The summed E-state index contributed by atoms with van der Waals surface area (Å²) in [5, 5.41) is 8.88. The number of carbonyl (C=O) groups is 1. The Hall–Kier alpha value is -2.33. The van der Waals surface area contributed by atoms with E-state index in [0.29, 0.717) is 6.61 Å². The molecule has 0 heterocycles. The molecule has 0 spiro atoms. The molecule has 1 N–H and O–H groups in total. The molecule has 0 fully saturated rings. The van der Waals surface area contributed by atoms with Crippen LogP contribution in [0.25, 0.3) is 11.1 Å². The SMILES string of the molecule is CC(CC(=O)O)c1ccc(-c2ccc(OCCN(C)C)cc2)cc1. The molecular weight excluding hydrogens is 302 g/mol. The Morgan fingerprint density at radius 3 is 2.08 bits per heavy atom. The molecule has 128 valence electrons. The molecular formula is C20H25NO3. The van der Waals surface area contributed by atoms with Crippen molar-refractivity contribution in [2.24, 2.45) is 0 Å². The van der Waals surface area contributed by atoms with Gasteiger partial charge in [0.05, 0.1) is 6.42 Å². The van der Waals surface area contributed by atoms with E-state index in [2.05, 4.69) is 4.90 Å². The first-order valence-corrected chi connectivity index (χ1v) is 8.15. The summed E-state index contributed by atoms with van der Waals surface area (Å²) in [6, 6.07) is 16.1. The molecule has 24 heavy (non-hydrogen) atoms. The Morgan fingerprint density at radius 2 is 1.58 bits per heavy atom. The van der Waals surface area contributed by atoms with Gasteiger partial charge in [0, 0.05) is 6.54 Å². The lowest BCUT2D eigenvalue weighted by atomic mass is 9.95. The maximum Gasteiger partial charge on any atom is 0.303 e. The molecule has 2 rings (SSSR count). The molecule has 0 amide bonds. The Morgan fingerprint density at radius 1 is 1.04 bits per heavy atom. The lowest BCUT2D eigenvalue weighted by molar-refractivity contribution is -0.137. The molecule has 4 nitrogen and oxygen atoms in total. The molecule has 1 atom stereocenters. The molecule has 1 unspecified atom stereocenters. The van der Waals surface area contributed by atoms with Gasteiger partial charge in [0.1, 0.15) is 12.4 Å². The van der Waals surface area contributed by atoms with E-state index in [1.165, 1.54) is 0 Å². The Kier molecular flexibility index (Phi) is 6.38. The van der Waals surface area contributed by atoms with Gasteiger partial charge in [0.2, 0.25) is 0 Å². The van der Waals surface area contributed by atoms with Crippen molar-refractivity contribution in [2.75, 3.05) is 27.2 Å². The van der Waals surface area contributed by atoms with E-state index in [-0.39, 0.29) is 12.3 Å². The minimum Gasteiger partial charge on any atom is -0.492 e. The minimum absolute atomic E-state index is 0.0176. The zero-order valence-corrected chi connectivity index (χ0v) is 14.5. The molecule has 4 heteroatoms. The van der Waals surface area contributed by atoms with Crippen molar-refractivity contribution in [1.29, 1.82) is 0 Å². The predicted molar refractivity (Wildman–Crippen MR) is 96.6 cm³/mol. The van der Waals surface area contributed by atoms with Crippen LogP contribution in [0.5, 0.6) is 5.75 Å². The monoisotopic (exact) mass is 327 g/mol. The van der Waals surface area contributed by atoms with Gasteiger partial charge in [-0.05, 0) is 48.8 Å². The fraction of sp³-hybridized carbons (Fsp3) is 0.350. The highest BCUT2D eigenvalue weighted by atomic mass is 16.5. The number of likely N-dealkylation sites (N-methyl/N-ethyl adjacent to an activating group) is 1. The van der Waals surface area contributed by atoms with Crippen LogP contribution in [0.1, 0.15) is 24.8 Å². The zero-order valence-electron chi connectivity index (χ0n) is 14.5. The second kappa shape index (κ2) is 8.50. The standard InChI is InChI=1S/C20H25NO3/c1-15(14-20(22)23)16-4-6-17(7-5-16)18-8-10-19(11-9-18)24-13-12-21(2)3/h4-11,15H,12-14H2,1-3H3,(H,22,23). The van der Waals surface area contributed by atoms with Crippen LogP contribution in [0.15, 0.2) is 48.5 Å². The highest BCUT2D eigenvalue weighted by Gasteiger charge is 2.10. The molecule has 0 aromatic heterocycles. The molecule has 0 bridgehead atoms. The number of benzene rings is 2. The largest absolute Gasteiger partial charge is 0.492 e. The normalized spacial score (nSPS) is 12.2. The molecule has 0 saturated heterocycles. The summed E-state index contributed by atoms with van der Waals surface area (Å²) in [5.74, 6) is 0.118. The van der Waals surface area contributed by atoms with E-state index in [9.17, 15) is 4.79 Å². The number of hydrogen-bond acceptors (Lipinski definition) is 3. The second-order valence-corrected chi connectivity index (χ2v) is 6.30. The minimum atomic E-state index is -0.767. The van der Waals surface area contributed by atoms with Crippen LogP contribution in [-0.4, -0.2) is 43.2 Å². The van der Waals surface area contributed by atoms with Crippen molar-refractivity contribution in [3.05, 3.63) is 54.1 Å². The van der Waals surface area contributed by atoms with Crippen molar-refractivity contribution < 1.29 is 14.6 Å². The fourth-order valence-corrected chi connectivity index (χ4v) is 2.47. The van der Waals surface area contributed by atoms with Gasteiger partial charge in [0.25, 0.3) is 0 Å². The molecule has 0 aliphatic rings. The zero-order chi connectivity index (χ0) is 17.5. The van der Waals surface area contributed by atoms with E-state index in [0.717, 1.165) is 29.0 Å². The number of nitrogens with zero attached hydrogens (tertiary/aromatic N) is 1. The summed E-state index contributed by atoms with van der Waals surface area (Å²) < 4.78 is 5.70. The number of ether oxygens (including phenoxy) is 1. The third kappa shape index (κ3) is 5.39. The van der Waals surface area contributed by atoms with Gasteiger partial charge in [-0.2, -0.15) is 0 Å². The molecule has 0 radical (unpaired) electrons. The summed E-state index contributed by atoms with van der Waals surface area (Å²) in [6.07, 6.45) is 0.151. The van der Waals surface area contributed by atoms with Crippen LogP contribution < -0.4 is 4.74 Å². The Bertz CT molecular complexity index is 648. The summed E-state index contributed by atoms with van der Waals surface area (Å²) in [5.41, 5.74) is 3.28. The van der Waals surface area contributed by atoms with Crippen molar-refractivity contribution >= 4 is 5.97 Å². The van der Waals surface area contributed by atoms with Crippen molar-refractivity contribution in [2.45, 2.75) is 19.3 Å². The molecule has 0 aliphatic heterocycles. The average Bonchev–Trinajstić information content (AvgIpc) is 2.55. The van der Waals surface area contributed by atoms with Gasteiger partial charge in [-0.15, -0.1) is 0 Å². The van der Waals surface area contributed by atoms with E-state index >= 15 is 0 Å². The highest BCUT2D eigenvalue weighted by molar-refractivity contribution is 5.68. The van der Waals surface area contributed by atoms with Crippen molar-refractivity contribution in [3.63, 3.8) is 0 Å². The lowest BCUT2D eigenvalue weighted by Crippen LogP contribution is -2.19. The second-order valence-electron chi connectivity index (χ2n) is 6.30. The Labute approximate surface area is 143 Å². The third-order valence-electron chi connectivity index (χ3n) is 3.96. The first kappa shape index (κ1) is 18.0. The van der Waals surface area contributed by atoms with Gasteiger partial charge < -0.3 is 14.7 Å². The van der Waals surface area contributed by atoms with Crippen LogP contribution in [-0.2, 0) is 4.79 Å². The summed E-state index contributed by atoms with van der Waals surface area (Å²) in [7, 11) is 4.04. The third-order valence-corrected chi connectivity index (χ3v) is 3.96. The van der Waals surface area contributed by atoms with Gasteiger partial charge in [-0.25, -0.2) is 0 Å². The summed E-state index contributed by atoms with van der Waals surface area (Å²) >= 11 is 0. The van der Waals surface area contributed by atoms with Gasteiger partial charge >= 0.3 is 5.97 Å². The summed E-state index contributed by atoms with van der Waals surface area (Å²) in [6.45, 7) is 3.49. The molecule has 0 aliphatic carbocycles. The van der Waals surface area contributed by atoms with E-state index in [1.54, 1.807) is 0 Å². The lowest BCUT2D eigenvalue weighted by Gasteiger charge is -2.12. The quantitative estimate of drug-likeness (QED) is 0.799. The van der Waals surface area contributed by atoms with Crippen LogP contribution in [0.3, 0.4) is 0 Å². The first-order chi connectivity index (χ1) is 11.5. The molecule has 0 saturated carbocycles. The van der Waals surface area contributed by atoms with Crippen LogP contribution in [0.2, 0.25) is 0 Å². The number of hydrogen-bond donors (Lipinski definition) is 1. The number of aliphatic carboxylic acids is 1. The highest BCUT2D eigenvalue weighted by Crippen LogP contribution is 2.26. The number of rotatable bonds is 8. The molecule has 2 aromatic rings. The fourth-order valence-electron chi connectivity index (χ4n) is 2.47. The first-order valence-electron chi connectivity index (χ1n) is 8.15. The topological polar surface area (TPSA) is 49.8 Å². The maximum absolute atomic E-state index is 10.8.